The zero-order valence-corrected chi connectivity index (χ0v) is 9.04. The van der Waals surface area contributed by atoms with Gasteiger partial charge in [0.05, 0.1) is 0 Å². The largest absolute Gasteiger partial charge is 0.323 e. The molecule has 44 valence electrons. The number of hydrogen-bond acceptors (Lipinski definition) is 2. The van der Waals surface area contributed by atoms with Crippen molar-refractivity contribution in [2.75, 3.05) is 13.6 Å². The average Bonchev–Trinajstić information content (AvgIpc) is 1.68. The van der Waals surface area contributed by atoms with E-state index in [4.69, 9.17) is 0 Å². The van der Waals surface area contributed by atoms with E-state index in [-0.39, 0.29) is 8.83 Å². The summed E-state index contributed by atoms with van der Waals surface area (Å²) in [6, 6.07) is 0. The first-order valence-corrected chi connectivity index (χ1v) is 8.12. The molecule has 0 aliphatic carbocycles. The van der Waals surface area contributed by atoms with Crippen LogP contribution in [-0.2, 0) is 0 Å². The molecule has 0 atom stereocenters. The van der Waals surface area contributed by atoms with Crippen LogP contribution in [0.5, 0.6) is 0 Å². The maximum atomic E-state index is 2.40. The number of halogens is 1. The van der Waals surface area contributed by atoms with Crippen LogP contribution in [0.2, 0.25) is 0 Å². The minimum Gasteiger partial charge on any atom is -0.323 e. The molecule has 1 nitrogen and oxygen atoms in total. The van der Waals surface area contributed by atoms with Gasteiger partial charge in [0.25, 0.3) is 0 Å². The van der Waals surface area contributed by atoms with E-state index in [1.165, 1.54) is 6.54 Å². The molecule has 0 radical (unpaired) electrons. The third-order valence-electron chi connectivity index (χ3n) is 0.809. The maximum Gasteiger partial charge on any atom is 0.171 e. The van der Waals surface area contributed by atoms with Gasteiger partial charge in [-0.3, -0.25) is 0 Å². The predicted octanol–water partition coefficient (Wildman–Crippen LogP) is 1.02. The monoisotopic (exact) mass is 247 g/mol. The summed E-state index contributed by atoms with van der Waals surface area (Å²) in [5.74, 6) is 0. The fourth-order valence-corrected chi connectivity index (χ4v) is 5.85. The standard InChI is InChI=1S/C3H10INSSi/c1-3-5(2)7-6-4/h3,7H2,1-2H3. The van der Waals surface area contributed by atoms with Crippen LogP contribution >= 0.6 is 29.6 Å². The van der Waals surface area contributed by atoms with Crippen molar-refractivity contribution in [3.8, 4) is 0 Å². The maximum absolute atomic E-state index is 2.40. The van der Waals surface area contributed by atoms with Gasteiger partial charge in [0, 0.05) is 0 Å². The molecule has 0 spiro atoms. The lowest BCUT2D eigenvalue weighted by Crippen LogP contribution is -2.18. The van der Waals surface area contributed by atoms with Crippen LogP contribution in [0.15, 0.2) is 0 Å². The third kappa shape index (κ3) is 5.12. The minimum absolute atomic E-state index is 0.0827. The SMILES string of the molecule is CCN(C)[SiH2]SI. The predicted molar refractivity (Wildman–Crippen MR) is 48.5 cm³/mol. The van der Waals surface area contributed by atoms with Crippen molar-refractivity contribution in [3.05, 3.63) is 0 Å². The molecule has 0 aromatic heterocycles. The van der Waals surface area contributed by atoms with Gasteiger partial charge in [0.15, 0.2) is 8.83 Å². The zero-order valence-electron chi connectivity index (χ0n) is 4.65. The first-order valence-electron chi connectivity index (χ1n) is 2.23. The molecule has 0 bridgehead atoms. The summed E-state index contributed by atoms with van der Waals surface area (Å²) in [6.45, 7) is 3.40. The molecule has 0 aromatic carbocycles. The Bertz CT molecular complexity index is 45.9. The molecule has 0 amide bonds. The molecule has 0 unspecified atom stereocenters. The first-order chi connectivity index (χ1) is 3.31. The number of nitrogens with zero attached hydrogens (tertiary/aromatic N) is 1. The third-order valence-corrected chi connectivity index (χ3v) is 5.92. The van der Waals surface area contributed by atoms with Crippen molar-refractivity contribution in [3.63, 3.8) is 0 Å². The van der Waals surface area contributed by atoms with E-state index in [9.17, 15) is 0 Å². The van der Waals surface area contributed by atoms with Crippen molar-refractivity contribution >= 4 is 38.4 Å². The van der Waals surface area contributed by atoms with Gasteiger partial charge < -0.3 is 4.57 Å². The Labute approximate surface area is 63.4 Å². The topological polar surface area (TPSA) is 3.24 Å². The lowest BCUT2D eigenvalue weighted by molar-refractivity contribution is 0.578. The summed E-state index contributed by atoms with van der Waals surface area (Å²) in [5.41, 5.74) is 0. The molecular weight excluding hydrogens is 237 g/mol. The highest BCUT2D eigenvalue weighted by atomic mass is 127. The quantitative estimate of drug-likeness (QED) is 0.541. The normalized spacial score (nSPS) is 12.0. The fourth-order valence-electron chi connectivity index (χ4n) is 0.175. The molecule has 4 heteroatoms. The van der Waals surface area contributed by atoms with Gasteiger partial charge in [-0.1, -0.05) is 6.92 Å². The zero-order chi connectivity index (χ0) is 5.70. The van der Waals surface area contributed by atoms with E-state index in [0.717, 1.165) is 0 Å². The van der Waals surface area contributed by atoms with Crippen LogP contribution in [0.3, 0.4) is 0 Å². The number of hydrogen-bond donors (Lipinski definition) is 0. The Balaban J connectivity index is 2.83. The molecular formula is C3H10INSSi. The highest BCUT2D eigenvalue weighted by molar-refractivity contribution is 14.2. The molecule has 0 aliphatic rings. The van der Waals surface area contributed by atoms with Crippen LogP contribution in [0, 0.1) is 0 Å². The highest BCUT2D eigenvalue weighted by Gasteiger charge is 1.89. The summed E-state index contributed by atoms with van der Waals surface area (Å²) < 4.78 is 2.40. The molecule has 0 fully saturated rings. The summed E-state index contributed by atoms with van der Waals surface area (Å²) in [4.78, 5) is 0. The van der Waals surface area contributed by atoms with Crippen molar-refractivity contribution in [1.82, 2.24) is 4.57 Å². The van der Waals surface area contributed by atoms with Gasteiger partial charge in [-0.05, 0) is 34.8 Å². The lowest BCUT2D eigenvalue weighted by Gasteiger charge is -2.08. The van der Waals surface area contributed by atoms with Crippen LogP contribution in [0.4, 0.5) is 0 Å². The number of rotatable bonds is 3. The van der Waals surface area contributed by atoms with Crippen LogP contribution in [-0.4, -0.2) is 27.0 Å². The second-order valence-electron chi connectivity index (χ2n) is 1.41. The van der Waals surface area contributed by atoms with E-state index in [0.29, 0.717) is 0 Å². The van der Waals surface area contributed by atoms with E-state index in [1.54, 1.807) is 0 Å². The van der Waals surface area contributed by atoms with Crippen LogP contribution in [0.1, 0.15) is 6.92 Å². The molecule has 0 heterocycles. The summed E-state index contributed by atoms with van der Waals surface area (Å²) in [7, 11) is 4.23. The van der Waals surface area contributed by atoms with Gasteiger partial charge in [-0.25, -0.2) is 0 Å². The van der Waals surface area contributed by atoms with E-state index >= 15 is 0 Å². The van der Waals surface area contributed by atoms with Crippen molar-refractivity contribution < 1.29 is 0 Å². The second kappa shape index (κ2) is 5.39. The van der Waals surface area contributed by atoms with Gasteiger partial charge in [0.1, 0.15) is 0 Å². The van der Waals surface area contributed by atoms with Gasteiger partial charge in [-0.15, -0.1) is 8.38 Å². The Hall–Kier alpha value is 1.26. The van der Waals surface area contributed by atoms with Gasteiger partial charge in [0.2, 0.25) is 0 Å². The van der Waals surface area contributed by atoms with Crippen molar-refractivity contribution in [2.24, 2.45) is 0 Å². The molecule has 7 heavy (non-hydrogen) atoms. The summed E-state index contributed by atoms with van der Waals surface area (Å²) in [5, 5.41) is 0. The Morgan fingerprint density at radius 3 is 2.57 bits per heavy atom. The van der Waals surface area contributed by atoms with Gasteiger partial charge in [-0.2, -0.15) is 0 Å². The van der Waals surface area contributed by atoms with Crippen LogP contribution < -0.4 is 0 Å². The first kappa shape index (κ1) is 8.26. The summed E-state index contributed by atoms with van der Waals surface area (Å²) in [6.07, 6.45) is 0. The molecule has 0 saturated heterocycles. The average molecular weight is 247 g/mol. The molecule has 0 rings (SSSR count). The smallest absolute Gasteiger partial charge is 0.171 e. The Morgan fingerprint density at radius 2 is 2.43 bits per heavy atom. The molecule has 0 N–H and O–H groups in total. The van der Waals surface area contributed by atoms with Crippen LogP contribution in [0.25, 0.3) is 0 Å². The fraction of sp³-hybridized carbons (Fsp3) is 1.00. The minimum atomic E-state index is 0.0827. The van der Waals surface area contributed by atoms with E-state index < -0.39 is 0 Å². The summed E-state index contributed by atoms with van der Waals surface area (Å²) >= 11 is 2.36. The van der Waals surface area contributed by atoms with Gasteiger partial charge >= 0.3 is 0 Å². The molecule has 0 aromatic rings. The molecule has 0 aliphatic heterocycles. The Morgan fingerprint density at radius 1 is 1.86 bits per heavy atom. The Kier molecular flexibility index (Phi) is 6.36. The van der Waals surface area contributed by atoms with Crippen molar-refractivity contribution in [2.45, 2.75) is 6.92 Å². The second-order valence-corrected chi connectivity index (χ2v) is 10.0. The highest BCUT2D eigenvalue weighted by Crippen LogP contribution is 2.07. The molecule has 0 saturated carbocycles. The van der Waals surface area contributed by atoms with E-state index in [2.05, 4.69) is 39.7 Å². The van der Waals surface area contributed by atoms with Crippen molar-refractivity contribution in [1.29, 1.82) is 0 Å². The van der Waals surface area contributed by atoms with E-state index in [1.807, 2.05) is 8.38 Å². The lowest BCUT2D eigenvalue weighted by atomic mass is 10.8.